The van der Waals surface area contributed by atoms with E-state index in [4.69, 9.17) is 23.7 Å². The number of methoxy groups -OCH3 is 3. The van der Waals surface area contributed by atoms with Crippen LogP contribution >= 0.6 is 0 Å². The summed E-state index contributed by atoms with van der Waals surface area (Å²) in [7, 11) is 4.56. The Hall–Kier alpha value is -3.48. The maximum absolute atomic E-state index is 12.7. The molecule has 7 nitrogen and oxygen atoms in total. The normalized spacial score (nSPS) is 13.7. The molecule has 0 aliphatic carbocycles. The van der Waals surface area contributed by atoms with Gasteiger partial charge in [0.15, 0.2) is 23.0 Å². The van der Waals surface area contributed by atoms with Crippen LogP contribution in [0.4, 0.5) is 0 Å². The van der Waals surface area contributed by atoms with Gasteiger partial charge in [-0.3, -0.25) is 9.59 Å². The highest BCUT2D eigenvalue weighted by atomic mass is 16.5. The fourth-order valence-corrected chi connectivity index (χ4v) is 2.78. The molecule has 0 saturated carbocycles. The summed E-state index contributed by atoms with van der Waals surface area (Å²) in [5.41, 5.74) is 0.984. The summed E-state index contributed by atoms with van der Waals surface area (Å²) in [6.45, 7) is 1.39. The van der Waals surface area contributed by atoms with Crippen molar-refractivity contribution in [2.45, 2.75) is 6.92 Å². The molecule has 0 bridgehead atoms. The second-order valence-corrected chi connectivity index (χ2v) is 6.04. The lowest BCUT2D eigenvalue weighted by atomic mass is 10.1. The van der Waals surface area contributed by atoms with Crippen molar-refractivity contribution in [3.05, 3.63) is 47.2 Å². The van der Waals surface area contributed by atoms with Gasteiger partial charge in [0.05, 0.1) is 26.9 Å². The lowest BCUT2D eigenvalue weighted by Crippen LogP contribution is -2.06. The quantitative estimate of drug-likeness (QED) is 0.678. The number of ketones is 2. The fraction of sp³-hybridized carbons (Fsp3) is 0.238. The Morgan fingerprint density at radius 3 is 2.46 bits per heavy atom. The summed E-state index contributed by atoms with van der Waals surface area (Å²) in [6.07, 6.45) is 1.57. The van der Waals surface area contributed by atoms with E-state index < -0.39 is 0 Å². The highest BCUT2D eigenvalue weighted by molar-refractivity contribution is 6.14. The van der Waals surface area contributed by atoms with Crippen LogP contribution in [-0.2, 0) is 4.79 Å². The first-order valence-corrected chi connectivity index (χ1v) is 8.47. The first kappa shape index (κ1) is 19.3. The van der Waals surface area contributed by atoms with Gasteiger partial charge in [0.25, 0.3) is 0 Å². The minimum absolute atomic E-state index is 0.0454. The second-order valence-electron chi connectivity index (χ2n) is 6.04. The Morgan fingerprint density at radius 1 is 1.04 bits per heavy atom. The molecule has 3 rings (SSSR count). The average molecular weight is 384 g/mol. The van der Waals surface area contributed by atoms with E-state index in [0.29, 0.717) is 39.9 Å². The molecule has 146 valence electrons. The maximum Gasteiger partial charge on any atom is 0.231 e. The van der Waals surface area contributed by atoms with Crippen molar-refractivity contribution in [2.75, 3.05) is 27.9 Å². The zero-order chi connectivity index (χ0) is 20.3. The monoisotopic (exact) mass is 384 g/mol. The van der Waals surface area contributed by atoms with Gasteiger partial charge < -0.3 is 23.7 Å². The molecule has 0 N–H and O–H groups in total. The minimum atomic E-state index is -0.267. The molecule has 7 heteroatoms. The van der Waals surface area contributed by atoms with Crippen LogP contribution in [0.3, 0.4) is 0 Å². The first-order chi connectivity index (χ1) is 13.5. The number of carbonyl (C=O) groups is 2. The predicted octanol–water partition coefficient (Wildman–Crippen LogP) is 3.30. The summed E-state index contributed by atoms with van der Waals surface area (Å²) in [4.78, 5) is 23.8. The molecule has 2 aromatic carbocycles. The molecule has 2 aromatic rings. The molecule has 1 aliphatic rings. The van der Waals surface area contributed by atoms with Crippen molar-refractivity contribution in [2.24, 2.45) is 0 Å². The molecule has 0 spiro atoms. The summed E-state index contributed by atoms with van der Waals surface area (Å²) in [6, 6.07) is 8.22. The van der Waals surface area contributed by atoms with E-state index in [1.54, 1.807) is 36.4 Å². The Balaban J connectivity index is 1.95. The van der Waals surface area contributed by atoms with Crippen molar-refractivity contribution in [1.29, 1.82) is 0 Å². The molecule has 0 fully saturated rings. The van der Waals surface area contributed by atoms with E-state index in [0.717, 1.165) is 0 Å². The molecule has 28 heavy (non-hydrogen) atoms. The molecule has 0 amide bonds. The van der Waals surface area contributed by atoms with Gasteiger partial charge in [-0.25, -0.2) is 0 Å². The number of rotatable bonds is 7. The van der Waals surface area contributed by atoms with Crippen molar-refractivity contribution >= 4 is 17.6 Å². The molecule has 0 atom stereocenters. The van der Waals surface area contributed by atoms with Crippen molar-refractivity contribution in [1.82, 2.24) is 0 Å². The molecule has 0 aromatic heterocycles. The second kappa shape index (κ2) is 8.04. The van der Waals surface area contributed by atoms with E-state index in [-0.39, 0.29) is 23.9 Å². The first-order valence-electron chi connectivity index (χ1n) is 8.47. The Morgan fingerprint density at radius 2 is 1.82 bits per heavy atom. The smallest absolute Gasteiger partial charge is 0.231 e. The maximum atomic E-state index is 12.7. The number of hydrogen-bond donors (Lipinski definition) is 0. The highest BCUT2D eigenvalue weighted by Gasteiger charge is 2.28. The number of ether oxygens (including phenoxy) is 5. The van der Waals surface area contributed by atoms with E-state index in [2.05, 4.69) is 0 Å². The lowest BCUT2D eigenvalue weighted by molar-refractivity contribution is -0.118. The largest absolute Gasteiger partial charge is 0.497 e. The molecule has 1 aliphatic heterocycles. The van der Waals surface area contributed by atoms with Crippen LogP contribution in [0.2, 0.25) is 0 Å². The van der Waals surface area contributed by atoms with Gasteiger partial charge in [-0.2, -0.15) is 0 Å². The van der Waals surface area contributed by atoms with Gasteiger partial charge in [-0.05, 0) is 31.2 Å². The van der Waals surface area contributed by atoms with Crippen LogP contribution in [0.5, 0.6) is 28.7 Å². The van der Waals surface area contributed by atoms with Crippen LogP contribution < -0.4 is 23.7 Å². The fourth-order valence-electron chi connectivity index (χ4n) is 2.78. The number of fused-ring (bicyclic) bond motifs is 1. The number of hydrogen-bond acceptors (Lipinski definition) is 7. The lowest BCUT2D eigenvalue weighted by Gasteiger charge is -2.13. The summed E-state index contributed by atoms with van der Waals surface area (Å²) in [5.74, 6) is 2.05. The van der Waals surface area contributed by atoms with Gasteiger partial charge in [0.1, 0.15) is 23.9 Å². The van der Waals surface area contributed by atoms with Crippen molar-refractivity contribution in [3.8, 4) is 28.7 Å². The molecule has 0 saturated heterocycles. The minimum Gasteiger partial charge on any atom is -0.497 e. The van der Waals surface area contributed by atoms with Crippen LogP contribution in [0.15, 0.2) is 36.1 Å². The average Bonchev–Trinajstić information content (AvgIpc) is 3.00. The highest BCUT2D eigenvalue weighted by Crippen LogP contribution is 2.39. The molecule has 0 unspecified atom stereocenters. The third-order valence-corrected chi connectivity index (χ3v) is 4.09. The number of Topliss-reactive ketones (excluding diaryl/α,β-unsaturated/α-hetero) is 2. The van der Waals surface area contributed by atoms with Gasteiger partial charge in [-0.15, -0.1) is 0 Å². The zero-order valence-corrected chi connectivity index (χ0v) is 16.0. The summed E-state index contributed by atoms with van der Waals surface area (Å²) < 4.78 is 27.1. The Kier molecular flexibility index (Phi) is 5.54. The standard InChI is InChI=1S/C21H20O7/c1-12(22)11-27-14-5-6-16-17(9-14)28-18(20(16)23)8-13-7-15(24-2)10-19(25-3)21(13)26-4/h5-10H,11H2,1-4H3/b18-8+. The van der Waals surface area contributed by atoms with Gasteiger partial charge in [-0.1, -0.05) is 0 Å². The van der Waals surface area contributed by atoms with Gasteiger partial charge >= 0.3 is 0 Å². The molecular formula is C21H20O7. The number of carbonyl (C=O) groups excluding carboxylic acids is 2. The van der Waals surface area contributed by atoms with Crippen LogP contribution in [0, 0.1) is 0 Å². The van der Waals surface area contributed by atoms with Crippen molar-refractivity contribution in [3.63, 3.8) is 0 Å². The Bertz CT molecular complexity index is 959. The molecule has 1 heterocycles. The Labute approximate surface area is 162 Å². The summed E-state index contributed by atoms with van der Waals surface area (Å²) >= 11 is 0. The number of benzene rings is 2. The van der Waals surface area contributed by atoms with E-state index in [9.17, 15) is 9.59 Å². The van der Waals surface area contributed by atoms with Gasteiger partial charge in [0.2, 0.25) is 5.78 Å². The topological polar surface area (TPSA) is 80.3 Å². The van der Waals surface area contributed by atoms with Crippen LogP contribution in [-0.4, -0.2) is 39.5 Å². The molecule has 0 radical (unpaired) electrons. The molecular weight excluding hydrogens is 364 g/mol. The predicted molar refractivity (Wildman–Crippen MR) is 102 cm³/mol. The van der Waals surface area contributed by atoms with Crippen molar-refractivity contribution < 1.29 is 33.3 Å². The number of allylic oxidation sites excluding steroid dienone is 1. The SMILES string of the molecule is COc1cc(/C=C2/Oc3cc(OCC(C)=O)ccc3C2=O)c(OC)c(OC)c1. The van der Waals surface area contributed by atoms with E-state index >= 15 is 0 Å². The van der Waals surface area contributed by atoms with Crippen LogP contribution in [0.1, 0.15) is 22.8 Å². The third kappa shape index (κ3) is 3.78. The van der Waals surface area contributed by atoms with Gasteiger partial charge in [0, 0.05) is 17.7 Å². The van der Waals surface area contributed by atoms with E-state index in [1.807, 2.05) is 0 Å². The third-order valence-electron chi connectivity index (χ3n) is 4.09. The van der Waals surface area contributed by atoms with Crippen LogP contribution in [0.25, 0.3) is 6.08 Å². The van der Waals surface area contributed by atoms with E-state index in [1.165, 1.54) is 28.3 Å². The zero-order valence-electron chi connectivity index (χ0n) is 16.0. The summed E-state index contributed by atoms with van der Waals surface area (Å²) in [5, 5.41) is 0.